The minimum atomic E-state index is -0.237. The summed E-state index contributed by atoms with van der Waals surface area (Å²) in [6.45, 7) is 3.89. The van der Waals surface area contributed by atoms with Crippen LogP contribution in [-0.4, -0.2) is 23.8 Å². The van der Waals surface area contributed by atoms with Crippen LogP contribution in [-0.2, 0) is 9.53 Å². The fourth-order valence-corrected chi connectivity index (χ4v) is 2.01. The number of hydrogen-bond acceptors (Lipinski definition) is 3. The smallest absolute Gasteiger partial charge is 0.302 e. The molecule has 0 saturated heterocycles. The second kappa shape index (κ2) is 4.61. The number of carbonyl (C=O) groups is 1. The largest absolute Gasteiger partial charge is 0.466 e. The standard InChI is InChI=1S/C10H18O3/c1-7(6-13-8(2)11)9-4-3-5-10(9)12/h7,9-10,12H,3-6H2,1-2H3/t7-,9+,10+/m1/s1. The molecule has 1 fully saturated rings. The molecule has 0 aromatic rings. The number of rotatable bonds is 3. The van der Waals surface area contributed by atoms with Gasteiger partial charge in [0.25, 0.3) is 0 Å². The number of hydrogen-bond donors (Lipinski definition) is 1. The third kappa shape index (κ3) is 2.99. The molecule has 0 spiro atoms. The molecule has 3 atom stereocenters. The predicted octanol–water partition coefficient (Wildman–Crippen LogP) is 1.35. The van der Waals surface area contributed by atoms with E-state index in [1.807, 2.05) is 6.92 Å². The number of ether oxygens (including phenoxy) is 1. The second-order valence-electron chi connectivity index (χ2n) is 3.94. The molecule has 0 amide bonds. The maximum absolute atomic E-state index is 10.6. The van der Waals surface area contributed by atoms with Gasteiger partial charge in [0.15, 0.2) is 0 Å². The van der Waals surface area contributed by atoms with Gasteiger partial charge in [-0.05, 0) is 24.7 Å². The Hall–Kier alpha value is -0.570. The van der Waals surface area contributed by atoms with Crippen molar-refractivity contribution in [3.8, 4) is 0 Å². The van der Waals surface area contributed by atoms with E-state index < -0.39 is 0 Å². The van der Waals surface area contributed by atoms with Gasteiger partial charge < -0.3 is 9.84 Å². The minimum Gasteiger partial charge on any atom is -0.466 e. The van der Waals surface area contributed by atoms with Crippen molar-refractivity contribution in [2.45, 2.75) is 39.2 Å². The second-order valence-corrected chi connectivity index (χ2v) is 3.94. The van der Waals surface area contributed by atoms with Crippen LogP contribution in [0.4, 0.5) is 0 Å². The molecular formula is C10H18O3. The summed E-state index contributed by atoms with van der Waals surface area (Å²) >= 11 is 0. The Balaban J connectivity index is 2.29. The maximum atomic E-state index is 10.6. The Morgan fingerprint density at radius 3 is 2.77 bits per heavy atom. The molecule has 0 radical (unpaired) electrons. The van der Waals surface area contributed by atoms with Gasteiger partial charge in [0.05, 0.1) is 12.7 Å². The van der Waals surface area contributed by atoms with Gasteiger partial charge in [0, 0.05) is 6.92 Å². The molecule has 0 aromatic carbocycles. The first-order chi connectivity index (χ1) is 6.11. The van der Waals surface area contributed by atoms with Gasteiger partial charge in [0.2, 0.25) is 0 Å². The van der Waals surface area contributed by atoms with Crippen LogP contribution >= 0.6 is 0 Å². The zero-order valence-corrected chi connectivity index (χ0v) is 8.32. The lowest BCUT2D eigenvalue weighted by molar-refractivity contribution is -0.143. The fourth-order valence-electron chi connectivity index (χ4n) is 2.01. The molecule has 13 heavy (non-hydrogen) atoms. The van der Waals surface area contributed by atoms with Crippen LogP contribution in [0.25, 0.3) is 0 Å². The highest BCUT2D eigenvalue weighted by molar-refractivity contribution is 5.65. The highest BCUT2D eigenvalue weighted by Gasteiger charge is 2.30. The number of aliphatic hydroxyl groups is 1. The SMILES string of the molecule is CC(=O)OC[C@@H](C)[C@@H]1CCC[C@@H]1O. The predicted molar refractivity (Wildman–Crippen MR) is 49.1 cm³/mol. The van der Waals surface area contributed by atoms with E-state index in [4.69, 9.17) is 4.74 Å². The summed E-state index contributed by atoms with van der Waals surface area (Å²) in [7, 11) is 0. The van der Waals surface area contributed by atoms with Crippen molar-refractivity contribution < 1.29 is 14.6 Å². The van der Waals surface area contributed by atoms with Crippen LogP contribution < -0.4 is 0 Å². The van der Waals surface area contributed by atoms with Crippen LogP contribution in [0.2, 0.25) is 0 Å². The van der Waals surface area contributed by atoms with Crippen LogP contribution in [0.3, 0.4) is 0 Å². The summed E-state index contributed by atoms with van der Waals surface area (Å²) < 4.78 is 4.91. The monoisotopic (exact) mass is 186 g/mol. The van der Waals surface area contributed by atoms with Gasteiger partial charge in [0.1, 0.15) is 0 Å². The summed E-state index contributed by atoms with van der Waals surface area (Å²) in [5.41, 5.74) is 0. The normalized spacial score (nSPS) is 30.1. The highest BCUT2D eigenvalue weighted by Crippen LogP contribution is 2.31. The molecule has 0 unspecified atom stereocenters. The van der Waals surface area contributed by atoms with Gasteiger partial charge in [-0.2, -0.15) is 0 Å². The summed E-state index contributed by atoms with van der Waals surface area (Å²) in [5.74, 6) is 0.361. The van der Waals surface area contributed by atoms with Gasteiger partial charge >= 0.3 is 5.97 Å². The lowest BCUT2D eigenvalue weighted by Crippen LogP contribution is -2.24. The topological polar surface area (TPSA) is 46.5 Å². The molecule has 1 N–H and O–H groups in total. The van der Waals surface area contributed by atoms with Gasteiger partial charge in [-0.15, -0.1) is 0 Å². The first kappa shape index (κ1) is 10.5. The van der Waals surface area contributed by atoms with E-state index in [0.717, 1.165) is 19.3 Å². The van der Waals surface area contributed by atoms with Crippen LogP contribution in [0.15, 0.2) is 0 Å². The van der Waals surface area contributed by atoms with E-state index in [2.05, 4.69) is 0 Å². The molecule has 1 rings (SSSR count). The summed E-state index contributed by atoms with van der Waals surface area (Å²) in [4.78, 5) is 10.6. The third-order valence-electron chi connectivity index (χ3n) is 2.81. The van der Waals surface area contributed by atoms with Crippen molar-refractivity contribution in [2.75, 3.05) is 6.61 Å². The average molecular weight is 186 g/mol. The molecule has 1 saturated carbocycles. The molecule has 0 aliphatic heterocycles. The van der Waals surface area contributed by atoms with Crippen LogP contribution in [0, 0.1) is 11.8 Å². The third-order valence-corrected chi connectivity index (χ3v) is 2.81. The average Bonchev–Trinajstić information content (AvgIpc) is 2.47. The van der Waals surface area contributed by atoms with E-state index in [-0.39, 0.29) is 18.0 Å². The fraction of sp³-hybridized carbons (Fsp3) is 0.900. The van der Waals surface area contributed by atoms with Gasteiger partial charge in [-0.25, -0.2) is 0 Å². The van der Waals surface area contributed by atoms with Gasteiger partial charge in [-0.1, -0.05) is 13.3 Å². The summed E-state index contributed by atoms with van der Waals surface area (Å²) in [6, 6.07) is 0. The van der Waals surface area contributed by atoms with Crippen LogP contribution in [0.1, 0.15) is 33.1 Å². The van der Waals surface area contributed by atoms with Crippen molar-refractivity contribution in [1.29, 1.82) is 0 Å². The van der Waals surface area contributed by atoms with Crippen LogP contribution in [0.5, 0.6) is 0 Å². The summed E-state index contributed by atoms with van der Waals surface area (Å²) in [6.07, 6.45) is 2.86. The van der Waals surface area contributed by atoms with Crippen molar-refractivity contribution in [3.05, 3.63) is 0 Å². The summed E-state index contributed by atoms with van der Waals surface area (Å²) in [5, 5.41) is 9.58. The number of esters is 1. The van der Waals surface area contributed by atoms with E-state index >= 15 is 0 Å². The van der Waals surface area contributed by atoms with Crippen molar-refractivity contribution in [2.24, 2.45) is 11.8 Å². The first-order valence-corrected chi connectivity index (χ1v) is 4.92. The number of aliphatic hydroxyl groups excluding tert-OH is 1. The Bertz CT molecular complexity index is 179. The van der Waals surface area contributed by atoms with Gasteiger partial charge in [-0.3, -0.25) is 4.79 Å². The molecule has 1 aliphatic rings. The highest BCUT2D eigenvalue weighted by atomic mass is 16.5. The lowest BCUT2D eigenvalue weighted by Gasteiger charge is -2.21. The lowest BCUT2D eigenvalue weighted by atomic mass is 9.91. The molecular weight excluding hydrogens is 168 g/mol. The Kier molecular flexibility index (Phi) is 3.72. The maximum Gasteiger partial charge on any atom is 0.302 e. The molecule has 76 valence electrons. The first-order valence-electron chi connectivity index (χ1n) is 4.92. The molecule has 3 heteroatoms. The number of carbonyl (C=O) groups excluding carboxylic acids is 1. The minimum absolute atomic E-state index is 0.189. The van der Waals surface area contributed by atoms with Crippen molar-refractivity contribution >= 4 is 5.97 Å². The zero-order chi connectivity index (χ0) is 9.84. The molecule has 0 heterocycles. The zero-order valence-electron chi connectivity index (χ0n) is 8.32. The van der Waals surface area contributed by atoms with E-state index in [0.29, 0.717) is 12.5 Å². The molecule has 1 aliphatic carbocycles. The molecule has 0 bridgehead atoms. The Morgan fingerprint density at radius 2 is 2.31 bits per heavy atom. The van der Waals surface area contributed by atoms with E-state index in [1.54, 1.807) is 0 Å². The molecule has 0 aromatic heterocycles. The van der Waals surface area contributed by atoms with E-state index in [9.17, 15) is 9.90 Å². The molecule has 3 nitrogen and oxygen atoms in total. The Labute approximate surface area is 79.1 Å². The van der Waals surface area contributed by atoms with Crippen molar-refractivity contribution in [3.63, 3.8) is 0 Å². The van der Waals surface area contributed by atoms with Crippen molar-refractivity contribution in [1.82, 2.24) is 0 Å². The van der Waals surface area contributed by atoms with E-state index in [1.165, 1.54) is 6.92 Å². The quantitative estimate of drug-likeness (QED) is 0.677. The Morgan fingerprint density at radius 1 is 1.62 bits per heavy atom.